The maximum atomic E-state index is 12.9. The predicted octanol–water partition coefficient (Wildman–Crippen LogP) is 4.04. The molecule has 0 amide bonds. The largest absolute Gasteiger partial charge is 0.327 e. The molecule has 0 bridgehead atoms. The van der Waals surface area contributed by atoms with Crippen molar-refractivity contribution in [2.75, 3.05) is 7.05 Å². The molecule has 0 N–H and O–H groups in total. The van der Waals surface area contributed by atoms with Gasteiger partial charge in [-0.15, -0.1) is 0 Å². The Morgan fingerprint density at radius 1 is 0.864 bits per heavy atom. The molecular weight excluding hydrogens is 288 g/mol. The third-order valence-corrected chi connectivity index (χ3v) is 5.56. The molecule has 0 aliphatic rings. The SMILES string of the molecule is CN(N=C(C(=O)c1ccccc1)c1ccccc1)[Si](C)(C)C. The van der Waals surface area contributed by atoms with Gasteiger partial charge in [-0.1, -0.05) is 80.3 Å². The molecule has 0 atom stereocenters. The Bertz CT molecular complexity index is 660. The Hall–Kier alpha value is -2.20. The first-order chi connectivity index (χ1) is 10.4. The van der Waals surface area contributed by atoms with E-state index in [0.717, 1.165) is 5.56 Å². The summed E-state index contributed by atoms with van der Waals surface area (Å²) in [4.78, 5) is 12.9. The molecule has 0 fully saturated rings. The number of Topliss-reactive ketones (excluding diaryl/α,β-unsaturated/α-hetero) is 1. The number of ketones is 1. The molecule has 0 aliphatic heterocycles. The van der Waals surface area contributed by atoms with Crippen LogP contribution in [0.2, 0.25) is 19.6 Å². The number of rotatable bonds is 5. The van der Waals surface area contributed by atoms with E-state index in [2.05, 4.69) is 24.7 Å². The molecule has 0 saturated heterocycles. The highest BCUT2D eigenvalue weighted by atomic mass is 28.3. The van der Waals surface area contributed by atoms with E-state index in [1.54, 1.807) is 0 Å². The second-order valence-electron chi connectivity index (χ2n) is 6.20. The van der Waals surface area contributed by atoms with Gasteiger partial charge in [-0.05, 0) is 0 Å². The van der Waals surface area contributed by atoms with Crippen molar-refractivity contribution in [1.82, 2.24) is 4.67 Å². The molecule has 114 valence electrons. The number of carbonyl (C=O) groups excluding carboxylic acids is 1. The molecule has 4 heteroatoms. The maximum absolute atomic E-state index is 12.9. The molecule has 3 nitrogen and oxygen atoms in total. The van der Waals surface area contributed by atoms with Crippen molar-refractivity contribution in [3.8, 4) is 0 Å². The van der Waals surface area contributed by atoms with Crippen LogP contribution in [0.5, 0.6) is 0 Å². The van der Waals surface area contributed by atoms with Gasteiger partial charge >= 0.3 is 0 Å². The van der Waals surface area contributed by atoms with Crippen LogP contribution >= 0.6 is 0 Å². The summed E-state index contributed by atoms with van der Waals surface area (Å²) in [5.41, 5.74) is 2.01. The smallest absolute Gasteiger partial charge is 0.213 e. The van der Waals surface area contributed by atoms with Crippen LogP contribution in [0.1, 0.15) is 15.9 Å². The van der Waals surface area contributed by atoms with E-state index in [1.165, 1.54) is 0 Å². The first-order valence-corrected chi connectivity index (χ1v) is 10.8. The van der Waals surface area contributed by atoms with Crippen molar-refractivity contribution in [2.24, 2.45) is 5.10 Å². The van der Waals surface area contributed by atoms with Gasteiger partial charge in [0.1, 0.15) is 5.71 Å². The average Bonchev–Trinajstić information content (AvgIpc) is 2.52. The van der Waals surface area contributed by atoms with E-state index in [0.29, 0.717) is 11.3 Å². The van der Waals surface area contributed by atoms with Gasteiger partial charge in [0.05, 0.1) is 0 Å². The molecular formula is C18H22N2OSi. The van der Waals surface area contributed by atoms with Crippen molar-refractivity contribution in [2.45, 2.75) is 19.6 Å². The monoisotopic (exact) mass is 310 g/mol. The molecule has 2 aromatic rings. The zero-order chi connectivity index (χ0) is 16.2. The minimum atomic E-state index is -1.61. The van der Waals surface area contributed by atoms with Crippen molar-refractivity contribution in [3.63, 3.8) is 0 Å². The lowest BCUT2D eigenvalue weighted by atomic mass is 10.0. The van der Waals surface area contributed by atoms with Gasteiger partial charge in [-0.2, -0.15) is 5.10 Å². The molecule has 0 unspecified atom stereocenters. The molecule has 0 aromatic heterocycles. The van der Waals surface area contributed by atoms with Crippen molar-refractivity contribution in [1.29, 1.82) is 0 Å². The summed E-state index contributed by atoms with van der Waals surface area (Å²) in [6.45, 7) is 6.60. The fourth-order valence-electron chi connectivity index (χ4n) is 1.86. The Morgan fingerprint density at radius 3 is 1.77 bits per heavy atom. The van der Waals surface area contributed by atoms with Crippen molar-refractivity contribution < 1.29 is 4.79 Å². The minimum absolute atomic E-state index is 0.0445. The highest BCUT2D eigenvalue weighted by Gasteiger charge is 2.23. The lowest BCUT2D eigenvalue weighted by molar-refractivity contribution is 0.106. The standard InChI is InChI=1S/C18H22N2OSi/c1-20(22(2,3)4)19-17(15-11-7-5-8-12-15)18(21)16-13-9-6-10-14-16/h5-14H,1-4H3. The van der Waals surface area contributed by atoms with Crippen molar-refractivity contribution >= 4 is 19.7 Å². The summed E-state index contributed by atoms with van der Waals surface area (Å²) < 4.78 is 1.97. The molecule has 0 aliphatic carbocycles. The fourth-order valence-corrected chi connectivity index (χ4v) is 2.26. The highest BCUT2D eigenvalue weighted by Crippen LogP contribution is 2.13. The first kappa shape index (κ1) is 16.2. The summed E-state index contributed by atoms with van der Waals surface area (Å²) in [6.07, 6.45) is 0. The van der Waals surface area contributed by atoms with Gasteiger partial charge < -0.3 is 4.67 Å². The van der Waals surface area contributed by atoms with Crippen LogP contribution in [-0.4, -0.2) is 31.5 Å². The zero-order valence-corrected chi connectivity index (χ0v) is 14.6. The number of hydrazone groups is 1. The minimum Gasteiger partial charge on any atom is -0.327 e. The van der Waals surface area contributed by atoms with E-state index < -0.39 is 8.24 Å². The maximum Gasteiger partial charge on any atom is 0.213 e. The normalized spacial score (nSPS) is 12.1. The molecule has 0 saturated carbocycles. The van der Waals surface area contributed by atoms with Crippen LogP contribution in [0.25, 0.3) is 0 Å². The van der Waals surface area contributed by atoms with Crippen LogP contribution in [0.15, 0.2) is 65.8 Å². The lowest BCUT2D eigenvalue weighted by Crippen LogP contribution is -2.40. The van der Waals surface area contributed by atoms with E-state index in [-0.39, 0.29) is 5.78 Å². The van der Waals surface area contributed by atoms with Crippen LogP contribution in [0.3, 0.4) is 0 Å². The lowest BCUT2D eigenvalue weighted by Gasteiger charge is -2.28. The Balaban J connectivity index is 2.47. The van der Waals surface area contributed by atoms with Crippen LogP contribution < -0.4 is 0 Å². The molecule has 0 radical (unpaired) electrons. The number of hydrogen-bond donors (Lipinski definition) is 0. The third kappa shape index (κ3) is 3.92. The number of hydrogen-bond acceptors (Lipinski definition) is 3. The molecule has 2 rings (SSSR count). The van der Waals surface area contributed by atoms with Crippen LogP contribution in [0, 0.1) is 0 Å². The Kier molecular flexibility index (Phi) is 4.93. The van der Waals surface area contributed by atoms with E-state index in [9.17, 15) is 4.79 Å². The van der Waals surface area contributed by atoms with Gasteiger partial charge in [-0.3, -0.25) is 4.79 Å². The Labute approximate surface area is 133 Å². The van der Waals surface area contributed by atoms with E-state index >= 15 is 0 Å². The van der Waals surface area contributed by atoms with E-state index in [4.69, 9.17) is 0 Å². The first-order valence-electron chi connectivity index (χ1n) is 7.37. The Morgan fingerprint density at radius 2 is 1.32 bits per heavy atom. The molecule has 22 heavy (non-hydrogen) atoms. The molecule has 0 spiro atoms. The van der Waals surface area contributed by atoms with Crippen LogP contribution in [0.4, 0.5) is 0 Å². The summed E-state index contributed by atoms with van der Waals surface area (Å²) in [5.74, 6) is -0.0445. The van der Waals surface area contributed by atoms with Gasteiger partial charge in [0, 0.05) is 18.2 Å². The topological polar surface area (TPSA) is 32.7 Å². The van der Waals surface area contributed by atoms with Gasteiger partial charge in [0.15, 0.2) is 8.24 Å². The second-order valence-corrected chi connectivity index (χ2v) is 11.2. The number of carbonyl (C=O) groups is 1. The highest BCUT2D eigenvalue weighted by molar-refractivity contribution is 6.73. The fraction of sp³-hybridized carbons (Fsp3) is 0.222. The predicted molar refractivity (Wildman–Crippen MR) is 94.9 cm³/mol. The number of benzene rings is 2. The molecule has 2 aromatic carbocycles. The second kappa shape index (κ2) is 6.71. The summed E-state index contributed by atoms with van der Waals surface area (Å²) in [5, 5.41) is 4.66. The summed E-state index contributed by atoms with van der Waals surface area (Å²) >= 11 is 0. The third-order valence-electron chi connectivity index (χ3n) is 3.52. The van der Waals surface area contributed by atoms with E-state index in [1.807, 2.05) is 72.4 Å². The zero-order valence-electron chi connectivity index (χ0n) is 13.6. The van der Waals surface area contributed by atoms with Crippen LogP contribution in [-0.2, 0) is 0 Å². The van der Waals surface area contributed by atoms with Gasteiger partial charge in [-0.25, -0.2) is 0 Å². The quantitative estimate of drug-likeness (QED) is 0.361. The van der Waals surface area contributed by atoms with Gasteiger partial charge in [0.25, 0.3) is 0 Å². The number of nitrogens with zero attached hydrogens (tertiary/aromatic N) is 2. The average molecular weight is 310 g/mol. The van der Waals surface area contributed by atoms with Gasteiger partial charge in [0.2, 0.25) is 5.78 Å². The summed E-state index contributed by atoms with van der Waals surface area (Å²) in [7, 11) is 0.342. The molecule has 0 heterocycles. The summed E-state index contributed by atoms with van der Waals surface area (Å²) in [6, 6.07) is 19.0. The van der Waals surface area contributed by atoms with Crippen molar-refractivity contribution in [3.05, 3.63) is 71.8 Å².